The molecule has 0 saturated carbocycles. The average Bonchev–Trinajstić information content (AvgIpc) is 2.19. The quantitative estimate of drug-likeness (QED) is 0.817. The van der Waals surface area contributed by atoms with E-state index in [9.17, 15) is 8.42 Å². The molecule has 0 aliphatic carbocycles. The fourth-order valence-corrected chi connectivity index (χ4v) is 2.28. The second kappa shape index (κ2) is 5.47. The predicted octanol–water partition coefficient (Wildman–Crippen LogP) is 1.43. The number of hydrogen-bond donors (Lipinski definition) is 1. The van der Waals surface area contributed by atoms with Crippen molar-refractivity contribution < 1.29 is 13.2 Å². The van der Waals surface area contributed by atoms with Crippen LogP contribution in [-0.4, -0.2) is 32.9 Å². The Hall–Kier alpha value is -0.850. The van der Waals surface area contributed by atoms with E-state index >= 15 is 0 Å². The Labute approximate surface area is 99.8 Å². The standard InChI is InChI=1S/C9H13ClN2O3S/c1-7-8(3-4-9(10)11-7)12-16(13,14)6-5-15-2/h3-4,12H,5-6H2,1-2H3. The van der Waals surface area contributed by atoms with Crippen molar-refractivity contribution in [3.8, 4) is 0 Å². The van der Waals surface area contributed by atoms with E-state index in [0.29, 0.717) is 16.5 Å². The van der Waals surface area contributed by atoms with E-state index in [2.05, 4.69) is 9.71 Å². The maximum atomic E-state index is 11.5. The smallest absolute Gasteiger partial charge is 0.235 e. The largest absolute Gasteiger partial charge is 0.384 e. The summed E-state index contributed by atoms with van der Waals surface area (Å²) in [6.45, 7) is 1.83. The Kier molecular flexibility index (Phi) is 4.52. The number of sulfonamides is 1. The molecule has 90 valence electrons. The molecule has 0 unspecified atom stereocenters. The summed E-state index contributed by atoms with van der Waals surface area (Å²) in [4.78, 5) is 3.95. The first-order chi connectivity index (χ1) is 7.44. The van der Waals surface area contributed by atoms with Crippen LogP contribution >= 0.6 is 11.6 Å². The van der Waals surface area contributed by atoms with Crippen LogP contribution < -0.4 is 4.72 Å². The number of pyridine rings is 1. The predicted molar refractivity (Wildman–Crippen MR) is 63.3 cm³/mol. The third kappa shape index (κ3) is 3.96. The van der Waals surface area contributed by atoms with E-state index < -0.39 is 10.0 Å². The summed E-state index contributed by atoms with van der Waals surface area (Å²) in [5.41, 5.74) is 0.967. The maximum absolute atomic E-state index is 11.5. The van der Waals surface area contributed by atoms with E-state index in [4.69, 9.17) is 16.3 Å². The number of ether oxygens (including phenoxy) is 1. The van der Waals surface area contributed by atoms with E-state index in [1.54, 1.807) is 13.0 Å². The molecule has 0 fully saturated rings. The number of halogens is 1. The third-order valence-corrected chi connectivity index (χ3v) is 3.32. The number of aromatic nitrogens is 1. The number of nitrogens with one attached hydrogen (secondary N) is 1. The third-order valence-electron chi connectivity index (χ3n) is 1.87. The number of anilines is 1. The van der Waals surface area contributed by atoms with Crippen molar-refractivity contribution in [3.05, 3.63) is 23.0 Å². The Morgan fingerprint density at radius 1 is 1.50 bits per heavy atom. The van der Waals surface area contributed by atoms with Crippen molar-refractivity contribution in [2.24, 2.45) is 0 Å². The fraction of sp³-hybridized carbons (Fsp3) is 0.444. The Bertz CT molecular complexity index is 462. The van der Waals surface area contributed by atoms with Gasteiger partial charge in [-0.15, -0.1) is 0 Å². The van der Waals surface area contributed by atoms with Gasteiger partial charge in [-0.2, -0.15) is 0 Å². The number of rotatable bonds is 5. The van der Waals surface area contributed by atoms with Crippen LogP contribution in [0.1, 0.15) is 5.69 Å². The summed E-state index contributed by atoms with van der Waals surface area (Å²) in [6.07, 6.45) is 0. The highest BCUT2D eigenvalue weighted by Crippen LogP contribution is 2.16. The summed E-state index contributed by atoms with van der Waals surface area (Å²) in [7, 11) is -1.94. The highest BCUT2D eigenvalue weighted by atomic mass is 35.5. The molecule has 1 aromatic heterocycles. The Morgan fingerprint density at radius 2 is 2.19 bits per heavy atom. The first-order valence-corrected chi connectivity index (χ1v) is 6.60. The molecule has 0 saturated heterocycles. The van der Waals surface area contributed by atoms with E-state index in [0.717, 1.165) is 0 Å². The Morgan fingerprint density at radius 3 is 2.75 bits per heavy atom. The molecule has 0 radical (unpaired) electrons. The second-order valence-corrected chi connectivity index (χ2v) is 5.41. The van der Waals surface area contributed by atoms with Gasteiger partial charge in [0.25, 0.3) is 0 Å². The Balaban J connectivity index is 2.80. The number of methoxy groups -OCH3 is 1. The second-order valence-electron chi connectivity index (χ2n) is 3.18. The first kappa shape index (κ1) is 13.2. The van der Waals surface area contributed by atoms with Crippen molar-refractivity contribution >= 4 is 27.3 Å². The van der Waals surface area contributed by atoms with Crippen LogP contribution in [0.15, 0.2) is 12.1 Å². The molecule has 0 aliphatic heterocycles. The van der Waals surface area contributed by atoms with Crippen molar-refractivity contribution in [1.82, 2.24) is 4.98 Å². The van der Waals surface area contributed by atoms with Crippen LogP contribution in [0.5, 0.6) is 0 Å². The molecule has 1 aromatic rings. The lowest BCUT2D eigenvalue weighted by molar-refractivity contribution is 0.217. The zero-order chi connectivity index (χ0) is 12.2. The molecule has 0 aromatic carbocycles. The average molecular weight is 265 g/mol. The summed E-state index contributed by atoms with van der Waals surface area (Å²) in [5.74, 6) is -0.0917. The SMILES string of the molecule is COCCS(=O)(=O)Nc1ccc(Cl)nc1C. The zero-order valence-electron chi connectivity index (χ0n) is 9.03. The summed E-state index contributed by atoms with van der Waals surface area (Å²) < 4.78 is 30.2. The monoisotopic (exact) mass is 264 g/mol. The molecule has 0 atom stereocenters. The van der Waals surface area contributed by atoms with Gasteiger partial charge >= 0.3 is 0 Å². The van der Waals surface area contributed by atoms with E-state index in [-0.39, 0.29) is 12.4 Å². The minimum atomic E-state index is -3.39. The minimum Gasteiger partial charge on any atom is -0.384 e. The molecule has 0 amide bonds. The molecule has 7 heteroatoms. The topological polar surface area (TPSA) is 68.3 Å². The molecule has 1 rings (SSSR count). The molecule has 1 heterocycles. The molecule has 5 nitrogen and oxygen atoms in total. The molecular weight excluding hydrogens is 252 g/mol. The van der Waals surface area contributed by atoms with Gasteiger partial charge in [0.15, 0.2) is 0 Å². The van der Waals surface area contributed by atoms with Gasteiger partial charge in [-0.3, -0.25) is 4.72 Å². The van der Waals surface area contributed by atoms with Gasteiger partial charge in [-0.25, -0.2) is 13.4 Å². The van der Waals surface area contributed by atoms with Gasteiger partial charge in [0.1, 0.15) is 5.15 Å². The first-order valence-electron chi connectivity index (χ1n) is 4.57. The maximum Gasteiger partial charge on any atom is 0.235 e. The lowest BCUT2D eigenvalue weighted by Crippen LogP contribution is -2.20. The highest BCUT2D eigenvalue weighted by Gasteiger charge is 2.11. The van der Waals surface area contributed by atoms with Crippen molar-refractivity contribution in [3.63, 3.8) is 0 Å². The number of nitrogens with zero attached hydrogens (tertiary/aromatic N) is 1. The summed E-state index contributed by atoms with van der Waals surface area (Å²) >= 11 is 5.66. The van der Waals surface area contributed by atoms with Gasteiger partial charge < -0.3 is 4.74 Å². The van der Waals surface area contributed by atoms with Gasteiger partial charge in [-0.05, 0) is 19.1 Å². The van der Waals surface area contributed by atoms with Crippen LogP contribution in [-0.2, 0) is 14.8 Å². The number of hydrogen-bond acceptors (Lipinski definition) is 4. The fourth-order valence-electron chi connectivity index (χ4n) is 1.05. The zero-order valence-corrected chi connectivity index (χ0v) is 10.6. The molecular formula is C9H13ClN2O3S. The van der Waals surface area contributed by atoms with Gasteiger partial charge in [0.2, 0.25) is 10.0 Å². The van der Waals surface area contributed by atoms with Crippen molar-refractivity contribution in [2.45, 2.75) is 6.92 Å². The van der Waals surface area contributed by atoms with Crippen LogP contribution in [0.3, 0.4) is 0 Å². The summed E-state index contributed by atoms with van der Waals surface area (Å²) in [6, 6.07) is 3.11. The van der Waals surface area contributed by atoms with Gasteiger partial charge in [0.05, 0.1) is 23.7 Å². The highest BCUT2D eigenvalue weighted by molar-refractivity contribution is 7.92. The molecule has 0 bridgehead atoms. The molecule has 16 heavy (non-hydrogen) atoms. The van der Waals surface area contributed by atoms with E-state index in [1.165, 1.54) is 13.2 Å². The van der Waals surface area contributed by atoms with Crippen molar-refractivity contribution in [1.29, 1.82) is 0 Å². The van der Waals surface area contributed by atoms with Gasteiger partial charge in [0, 0.05) is 7.11 Å². The summed E-state index contributed by atoms with van der Waals surface area (Å²) in [5, 5.41) is 0.331. The van der Waals surface area contributed by atoms with Crippen LogP contribution in [0.2, 0.25) is 5.15 Å². The molecule has 0 spiro atoms. The van der Waals surface area contributed by atoms with Gasteiger partial charge in [-0.1, -0.05) is 11.6 Å². The molecule has 0 aliphatic rings. The minimum absolute atomic E-state index is 0.0917. The lowest BCUT2D eigenvalue weighted by atomic mass is 10.3. The lowest BCUT2D eigenvalue weighted by Gasteiger charge is -2.09. The van der Waals surface area contributed by atoms with Crippen molar-refractivity contribution in [2.75, 3.05) is 24.2 Å². The van der Waals surface area contributed by atoms with Crippen LogP contribution in [0.4, 0.5) is 5.69 Å². The molecule has 1 N–H and O–H groups in total. The van der Waals surface area contributed by atoms with Crippen LogP contribution in [0, 0.1) is 6.92 Å². The normalized spacial score (nSPS) is 11.4. The van der Waals surface area contributed by atoms with E-state index in [1.807, 2.05) is 0 Å². The number of aryl methyl sites for hydroxylation is 1. The van der Waals surface area contributed by atoms with Crippen LogP contribution in [0.25, 0.3) is 0 Å².